The first-order valence-electron chi connectivity index (χ1n) is 10.1. The Hall–Kier alpha value is -2.18. The topological polar surface area (TPSA) is 62.2 Å². The van der Waals surface area contributed by atoms with E-state index in [1.54, 1.807) is 10.9 Å². The highest BCUT2D eigenvalue weighted by molar-refractivity contribution is 5.80. The average molecular weight is 367 g/mol. The molecule has 1 amide bonds. The smallest absolute Gasteiger partial charge is 0.247 e. The zero-order chi connectivity index (χ0) is 18.6. The van der Waals surface area contributed by atoms with Gasteiger partial charge in [-0.25, -0.2) is 0 Å². The normalized spacial score (nSPS) is 24.9. The third-order valence-electron chi connectivity index (χ3n) is 6.13. The van der Waals surface area contributed by atoms with Gasteiger partial charge in [0.05, 0.1) is 0 Å². The number of carbonyl (C=O) groups is 1. The molecule has 3 heterocycles. The highest BCUT2D eigenvalue weighted by Crippen LogP contribution is 2.32. The van der Waals surface area contributed by atoms with Crippen LogP contribution in [0.15, 0.2) is 48.8 Å². The Labute approximate surface area is 160 Å². The van der Waals surface area contributed by atoms with E-state index in [2.05, 4.69) is 53.2 Å². The molecule has 1 aromatic carbocycles. The van der Waals surface area contributed by atoms with Crippen molar-refractivity contribution in [3.05, 3.63) is 54.4 Å². The number of hydrogen-bond acceptors (Lipinski definition) is 4. The molecule has 2 saturated heterocycles. The van der Waals surface area contributed by atoms with Crippen LogP contribution in [0.25, 0.3) is 0 Å². The van der Waals surface area contributed by atoms with Gasteiger partial charge in [0.25, 0.3) is 0 Å². The van der Waals surface area contributed by atoms with Crippen molar-refractivity contribution in [2.75, 3.05) is 19.6 Å². The predicted octanol–water partition coefficient (Wildman–Crippen LogP) is 2.33. The number of nitrogens with one attached hydrogen (secondary N) is 2. The van der Waals surface area contributed by atoms with Crippen molar-refractivity contribution in [2.24, 2.45) is 5.92 Å². The van der Waals surface area contributed by atoms with Crippen molar-refractivity contribution in [3.8, 4) is 0 Å². The molecule has 0 aliphatic carbocycles. The van der Waals surface area contributed by atoms with E-state index >= 15 is 0 Å². The lowest BCUT2D eigenvalue weighted by atomic mass is 9.80. The first-order valence-corrected chi connectivity index (χ1v) is 10.1. The highest BCUT2D eigenvalue weighted by Gasteiger charge is 2.37. The molecule has 144 valence electrons. The summed E-state index contributed by atoms with van der Waals surface area (Å²) in [4.78, 5) is 15.0. The fourth-order valence-corrected chi connectivity index (χ4v) is 4.62. The maximum Gasteiger partial charge on any atom is 0.247 e. The summed E-state index contributed by atoms with van der Waals surface area (Å²) in [6.45, 7) is 4.68. The van der Waals surface area contributed by atoms with Crippen molar-refractivity contribution in [2.45, 2.75) is 44.2 Å². The lowest BCUT2D eigenvalue weighted by Crippen LogP contribution is -2.47. The Morgan fingerprint density at radius 1 is 1.22 bits per heavy atom. The summed E-state index contributed by atoms with van der Waals surface area (Å²) in [5.41, 5.74) is 8.26. The molecule has 6 heteroatoms. The maximum atomic E-state index is 13.0. The third-order valence-corrected chi connectivity index (χ3v) is 6.13. The van der Waals surface area contributed by atoms with Crippen LogP contribution >= 0.6 is 0 Å². The van der Waals surface area contributed by atoms with Crippen molar-refractivity contribution >= 4 is 5.91 Å². The fraction of sp³-hybridized carbons (Fsp3) is 0.524. The lowest BCUT2D eigenvalue weighted by molar-refractivity contribution is -0.136. The molecule has 2 aliphatic heterocycles. The standard InChI is InChI=1S/C21H29N5O/c1-2-19(26-12-6-11-23-26)21(27)25-13-9-17(10-14-25)20-18(15-22-24-20)16-7-4-3-5-8-16/h3-8,11-12,17-20,22,24H,2,9-10,13-15H2,1H3. The van der Waals surface area contributed by atoms with Gasteiger partial charge >= 0.3 is 0 Å². The number of nitrogens with zero attached hydrogens (tertiary/aromatic N) is 3. The van der Waals surface area contributed by atoms with Crippen LogP contribution in [0.1, 0.15) is 43.7 Å². The monoisotopic (exact) mass is 367 g/mol. The number of hydrogen-bond donors (Lipinski definition) is 2. The van der Waals surface area contributed by atoms with Crippen LogP contribution < -0.4 is 10.9 Å². The van der Waals surface area contributed by atoms with Crippen molar-refractivity contribution < 1.29 is 4.79 Å². The second-order valence-corrected chi connectivity index (χ2v) is 7.64. The molecule has 4 rings (SSSR count). The summed E-state index contributed by atoms with van der Waals surface area (Å²) in [5, 5.41) is 4.28. The van der Waals surface area contributed by atoms with E-state index in [-0.39, 0.29) is 11.9 Å². The van der Waals surface area contributed by atoms with E-state index in [9.17, 15) is 4.79 Å². The predicted molar refractivity (Wildman–Crippen MR) is 105 cm³/mol. The quantitative estimate of drug-likeness (QED) is 0.851. The zero-order valence-corrected chi connectivity index (χ0v) is 15.9. The van der Waals surface area contributed by atoms with Crippen molar-refractivity contribution in [1.29, 1.82) is 0 Å². The second kappa shape index (κ2) is 8.23. The molecule has 0 radical (unpaired) electrons. The molecule has 2 N–H and O–H groups in total. The molecule has 27 heavy (non-hydrogen) atoms. The minimum Gasteiger partial charge on any atom is -0.341 e. The zero-order valence-electron chi connectivity index (χ0n) is 15.9. The molecule has 3 unspecified atom stereocenters. The number of aromatic nitrogens is 2. The molecule has 2 aliphatic rings. The number of carbonyl (C=O) groups excluding carboxylic acids is 1. The van der Waals surface area contributed by atoms with E-state index in [0.717, 1.165) is 38.9 Å². The van der Waals surface area contributed by atoms with Crippen LogP contribution in [0.4, 0.5) is 0 Å². The molecule has 2 aromatic rings. The molecular formula is C21H29N5O. The van der Waals surface area contributed by atoms with Gasteiger partial charge in [-0.3, -0.25) is 20.3 Å². The van der Waals surface area contributed by atoms with Gasteiger partial charge in [0.2, 0.25) is 5.91 Å². The van der Waals surface area contributed by atoms with E-state index in [4.69, 9.17) is 0 Å². The number of hydrazine groups is 1. The summed E-state index contributed by atoms with van der Waals surface area (Å²) >= 11 is 0. The van der Waals surface area contributed by atoms with Gasteiger partial charge < -0.3 is 4.90 Å². The minimum atomic E-state index is -0.181. The summed E-state index contributed by atoms with van der Waals surface area (Å²) in [5.74, 6) is 1.28. The molecule has 6 nitrogen and oxygen atoms in total. The van der Waals surface area contributed by atoms with Crippen LogP contribution in [0, 0.1) is 5.92 Å². The SMILES string of the molecule is CCC(C(=O)N1CCC(C2NNCC2c2ccccc2)CC1)n1cccn1. The first kappa shape index (κ1) is 18.2. The molecule has 3 atom stereocenters. The molecule has 0 spiro atoms. The van der Waals surface area contributed by atoms with Gasteiger partial charge in [0, 0.05) is 44.0 Å². The average Bonchev–Trinajstić information content (AvgIpc) is 3.42. The third kappa shape index (κ3) is 3.77. The number of amides is 1. The number of benzene rings is 1. The summed E-state index contributed by atoms with van der Waals surface area (Å²) < 4.78 is 1.79. The molecule has 0 bridgehead atoms. The Morgan fingerprint density at radius 2 is 2.00 bits per heavy atom. The van der Waals surface area contributed by atoms with Gasteiger partial charge in [-0.2, -0.15) is 5.10 Å². The molecule has 1 aromatic heterocycles. The van der Waals surface area contributed by atoms with Gasteiger partial charge in [0.15, 0.2) is 0 Å². The van der Waals surface area contributed by atoms with Crippen LogP contribution in [-0.2, 0) is 4.79 Å². The number of rotatable bonds is 5. The van der Waals surface area contributed by atoms with Crippen LogP contribution in [0.5, 0.6) is 0 Å². The van der Waals surface area contributed by atoms with Gasteiger partial charge in [0.1, 0.15) is 6.04 Å². The first-order chi connectivity index (χ1) is 13.3. The van der Waals surface area contributed by atoms with E-state index in [1.807, 2.05) is 17.2 Å². The van der Waals surface area contributed by atoms with Gasteiger partial charge in [-0.05, 0) is 36.8 Å². The second-order valence-electron chi connectivity index (χ2n) is 7.64. The molecule has 2 fully saturated rings. The fourth-order valence-electron chi connectivity index (χ4n) is 4.62. The number of piperidine rings is 1. The summed E-state index contributed by atoms with van der Waals surface area (Å²) in [6.07, 6.45) is 6.49. The number of likely N-dealkylation sites (tertiary alicyclic amines) is 1. The highest BCUT2D eigenvalue weighted by atomic mass is 16.2. The molecular weight excluding hydrogens is 338 g/mol. The van der Waals surface area contributed by atoms with E-state index in [1.165, 1.54) is 5.56 Å². The van der Waals surface area contributed by atoms with Crippen LogP contribution in [0.2, 0.25) is 0 Å². The summed E-state index contributed by atoms with van der Waals surface area (Å²) in [7, 11) is 0. The molecule has 0 saturated carbocycles. The van der Waals surface area contributed by atoms with Crippen molar-refractivity contribution in [3.63, 3.8) is 0 Å². The van der Waals surface area contributed by atoms with Crippen LogP contribution in [-0.4, -0.2) is 46.3 Å². The Bertz CT molecular complexity index is 724. The maximum absolute atomic E-state index is 13.0. The Balaban J connectivity index is 1.38. The Morgan fingerprint density at radius 3 is 2.67 bits per heavy atom. The minimum absolute atomic E-state index is 0.181. The van der Waals surface area contributed by atoms with E-state index in [0.29, 0.717) is 17.9 Å². The van der Waals surface area contributed by atoms with Crippen molar-refractivity contribution in [1.82, 2.24) is 25.5 Å². The van der Waals surface area contributed by atoms with Crippen LogP contribution in [0.3, 0.4) is 0 Å². The van der Waals surface area contributed by atoms with E-state index < -0.39 is 0 Å². The largest absolute Gasteiger partial charge is 0.341 e. The van der Waals surface area contributed by atoms with Gasteiger partial charge in [-0.15, -0.1) is 0 Å². The lowest BCUT2D eigenvalue weighted by Gasteiger charge is -2.37. The van der Waals surface area contributed by atoms with Gasteiger partial charge in [-0.1, -0.05) is 37.3 Å². The Kier molecular flexibility index (Phi) is 5.55. The summed E-state index contributed by atoms with van der Waals surface area (Å²) in [6, 6.07) is 12.9.